The van der Waals surface area contributed by atoms with Gasteiger partial charge in [-0.2, -0.15) is 0 Å². The number of carbonyl (C=O) groups excluding carboxylic acids is 4. The van der Waals surface area contributed by atoms with Crippen molar-refractivity contribution in [1.82, 2.24) is 15.1 Å². The summed E-state index contributed by atoms with van der Waals surface area (Å²) in [7, 11) is 1.44. The van der Waals surface area contributed by atoms with E-state index < -0.39 is 23.8 Å². The van der Waals surface area contributed by atoms with Crippen LogP contribution >= 0.6 is 0 Å². The monoisotopic (exact) mass is 564 g/mol. The number of benzene rings is 2. The summed E-state index contributed by atoms with van der Waals surface area (Å²) in [5.41, 5.74) is 8.18. The molecule has 41 heavy (non-hydrogen) atoms. The summed E-state index contributed by atoms with van der Waals surface area (Å²) < 4.78 is 14.3. The number of halogens is 1. The first-order chi connectivity index (χ1) is 19.8. The lowest BCUT2D eigenvalue weighted by atomic mass is 9.95. The standard InChI is InChI=1S/C30H37FN6O4/c1-33-28(39)27(3-2-16-38)37-29(40)23-6-5-22(18-24(23)30(37)41)35-14-12-34(13-15-35)19-20-8-10-36(11-9-20)26-7-4-21(32)17-25(26)31/h4-7,16-18,20,27H,2-3,8-15,19,32H2,1H3,(H,33,39). The molecule has 2 aromatic carbocycles. The van der Waals surface area contributed by atoms with Crippen molar-refractivity contribution in [3.63, 3.8) is 0 Å². The lowest BCUT2D eigenvalue weighted by Gasteiger charge is -2.40. The third kappa shape index (κ3) is 5.90. The van der Waals surface area contributed by atoms with Crippen LogP contribution in [0.2, 0.25) is 0 Å². The zero-order valence-electron chi connectivity index (χ0n) is 23.4. The second-order valence-corrected chi connectivity index (χ2v) is 11.0. The fourth-order valence-corrected chi connectivity index (χ4v) is 6.19. The molecule has 3 aliphatic heterocycles. The molecule has 218 valence electrons. The number of anilines is 3. The van der Waals surface area contributed by atoms with Crippen LogP contribution in [0.25, 0.3) is 0 Å². The summed E-state index contributed by atoms with van der Waals surface area (Å²) in [5.74, 6) is -1.20. The van der Waals surface area contributed by atoms with Gasteiger partial charge in [0, 0.05) is 70.7 Å². The fourth-order valence-electron chi connectivity index (χ4n) is 6.19. The number of nitrogens with zero attached hydrogens (tertiary/aromatic N) is 4. The molecule has 0 bridgehead atoms. The van der Waals surface area contributed by atoms with Crippen LogP contribution in [-0.2, 0) is 9.59 Å². The van der Waals surface area contributed by atoms with Crippen LogP contribution in [-0.4, -0.2) is 92.7 Å². The molecule has 3 amide bonds. The first-order valence-corrected chi connectivity index (χ1v) is 14.2. The number of imide groups is 1. The molecule has 0 saturated carbocycles. The van der Waals surface area contributed by atoms with Crippen LogP contribution in [0.3, 0.4) is 0 Å². The van der Waals surface area contributed by atoms with E-state index >= 15 is 0 Å². The molecule has 2 aromatic rings. The number of piperazine rings is 1. The van der Waals surface area contributed by atoms with Crippen molar-refractivity contribution >= 4 is 41.1 Å². The van der Waals surface area contributed by atoms with Crippen molar-refractivity contribution in [3.05, 3.63) is 53.3 Å². The average molecular weight is 565 g/mol. The summed E-state index contributed by atoms with van der Waals surface area (Å²) in [5, 5.41) is 2.49. The lowest BCUT2D eigenvalue weighted by molar-refractivity contribution is -0.124. The molecule has 3 heterocycles. The van der Waals surface area contributed by atoms with E-state index in [1.54, 1.807) is 24.3 Å². The Morgan fingerprint density at radius 2 is 1.71 bits per heavy atom. The number of nitrogens with one attached hydrogen (secondary N) is 1. The van der Waals surface area contributed by atoms with Crippen LogP contribution in [0.1, 0.15) is 46.4 Å². The molecule has 1 unspecified atom stereocenters. The molecule has 10 nitrogen and oxygen atoms in total. The highest BCUT2D eigenvalue weighted by Gasteiger charge is 2.42. The Morgan fingerprint density at radius 1 is 1.00 bits per heavy atom. The normalized spacial score (nSPS) is 18.9. The maximum atomic E-state index is 14.3. The lowest BCUT2D eigenvalue weighted by Crippen LogP contribution is -2.49. The van der Waals surface area contributed by atoms with Gasteiger partial charge in [-0.1, -0.05) is 0 Å². The summed E-state index contributed by atoms with van der Waals surface area (Å²) in [4.78, 5) is 57.5. The van der Waals surface area contributed by atoms with Gasteiger partial charge in [0.15, 0.2) is 0 Å². The quantitative estimate of drug-likeness (QED) is 0.270. The van der Waals surface area contributed by atoms with E-state index in [0.29, 0.717) is 29.1 Å². The SMILES string of the molecule is CNC(=O)C(CCC=O)N1C(=O)c2ccc(N3CCN(CC4CCN(c5ccc(N)cc5F)CC4)CC3)cc2C1=O. The molecule has 0 aliphatic carbocycles. The summed E-state index contributed by atoms with van der Waals surface area (Å²) >= 11 is 0. The Bertz CT molecular complexity index is 1320. The van der Waals surface area contributed by atoms with E-state index in [1.165, 1.54) is 13.1 Å². The van der Waals surface area contributed by atoms with Gasteiger partial charge >= 0.3 is 0 Å². The van der Waals surface area contributed by atoms with Crippen molar-refractivity contribution in [3.8, 4) is 0 Å². The van der Waals surface area contributed by atoms with Gasteiger partial charge in [0.2, 0.25) is 5.91 Å². The highest BCUT2D eigenvalue weighted by molar-refractivity contribution is 6.23. The second-order valence-electron chi connectivity index (χ2n) is 11.0. The first-order valence-electron chi connectivity index (χ1n) is 14.2. The average Bonchev–Trinajstić information content (AvgIpc) is 3.23. The number of hydrogen-bond acceptors (Lipinski definition) is 8. The molecule has 0 spiro atoms. The van der Waals surface area contributed by atoms with Gasteiger partial charge in [-0.15, -0.1) is 0 Å². The fraction of sp³-hybridized carbons (Fsp3) is 0.467. The number of nitrogens with two attached hydrogens (primary N) is 1. The summed E-state index contributed by atoms with van der Waals surface area (Å²) in [6, 6.07) is 9.12. The number of piperidine rings is 1. The Kier molecular flexibility index (Phi) is 8.53. The molecular formula is C30H37FN6O4. The maximum absolute atomic E-state index is 14.3. The van der Waals surface area contributed by atoms with Crippen molar-refractivity contribution in [2.45, 2.75) is 31.7 Å². The molecule has 0 radical (unpaired) electrons. The zero-order valence-corrected chi connectivity index (χ0v) is 23.4. The van der Waals surface area contributed by atoms with E-state index in [9.17, 15) is 23.6 Å². The number of rotatable bonds is 9. The molecule has 3 aliphatic rings. The Morgan fingerprint density at radius 3 is 2.37 bits per heavy atom. The van der Waals surface area contributed by atoms with Gasteiger partial charge < -0.3 is 25.6 Å². The number of carbonyl (C=O) groups is 4. The van der Waals surface area contributed by atoms with E-state index in [-0.39, 0.29) is 24.2 Å². The predicted molar refractivity (Wildman–Crippen MR) is 154 cm³/mol. The second kappa shape index (κ2) is 12.3. The minimum absolute atomic E-state index is 0.0707. The highest BCUT2D eigenvalue weighted by atomic mass is 19.1. The predicted octanol–water partition coefficient (Wildman–Crippen LogP) is 2.14. The van der Waals surface area contributed by atoms with E-state index in [0.717, 1.165) is 69.2 Å². The van der Waals surface area contributed by atoms with Crippen LogP contribution in [0.4, 0.5) is 21.5 Å². The minimum atomic E-state index is -1.03. The molecule has 1 atom stereocenters. The highest BCUT2D eigenvalue weighted by Crippen LogP contribution is 2.31. The van der Waals surface area contributed by atoms with Crippen LogP contribution in [0.15, 0.2) is 36.4 Å². The van der Waals surface area contributed by atoms with Crippen molar-refractivity contribution in [1.29, 1.82) is 0 Å². The number of aldehydes is 1. The third-order valence-electron chi connectivity index (χ3n) is 8.50. The van der Waals surface area contributed by atoms with E-state index in [4.69, 9.17) is 5.73 Å². The largest absolute Gasteiger partial charge is 0.399 e. The Balaban J connectivity index is 1.16. The Labute approximate surface area is 239 Å². The smallest absolute Gasteiger partial charge is 0.262 e. The molecular weight excluding hydrogens is 527 g/mol. The van der Waals surface area contributed by atoms with Gasteiger partial charge in [0.05, 0.1) is 16.8 Å². The molecule has 0 aromatic heterocycles. The number of nitrogen functional groups attached to an aromatic ring is 1. The molecule has 3 N–H and O–H groups in total. The molecule has 11 heteroatoms. The first kappa shape index (κ1) is 28.5. The number of hydrogen-bond donors (Lipinski definition) is 2. The van der Waals surface area contributed by atoms with Crippen molar-refractivity contribution in [2.75, 3.05) is 68.4 Å². The summed E-state index contributed by atoms with van der Waals surface area (Å²) in [6.45, 7) is 5.99. The van der Waals surface area contributed by atoms with Gasteiger partial charge in [0.25, 0.3) is 11.8 Å². The van der Waals surface area contributed by atoms with E-state index in [2.05, 4.69) is 20.0 Å². The molecule has 5 rings (SSSR count). The maximum Gasteiger partial charge on any atom is 0.262 e. The van der Waals surface area contributed by atoms with Crippen LogP contribution in [0.5, 0.6) is 0 Å². The van der Waals surface area contributed by atoms with Gasteiger partial charge in [-0.05, 0) is 61.6 Å². The topological polar surface area (TPSA) is 119 Å². The van der Waals surface area contributed by atoms with Gasteiger partial charge in [0.1, 0.15) is 18.1 Å². The van der Waals surface area contributed by atoms with Crippen molar-refractivity contribution < 1.29 is 23.6 Å². The summed E-state index contributed by atoms with van der Waals surface area (Å²) in [6.07, 6.45) is 2.84. The number of amides is 3. The zero-order chi connectivity index (χ0) is 29.1. The Hall–Kier alpha value is -3.99. The van der Waals surface area contributed by atoms with Gasteiger partial charge in [-0.25, -0.2) is 4.39 Å². The van der Waals surface area contributed by atoms with Crippen molar-refractivity contribution in [2.24, 2.45) is 5.92 Å². The molecule has 2 saturated heterocycles. The van der Waals surface area contributed by atoms with E-state index in [1.807, 2.05) is 6.07 Å². The van der Waals surface area contributed by atoms with Gasteiger partial charge in [-0.3, -0.25) is 24.2 Å². The minimum Gasteiger partial charge on any atom is -0.399 e. The molecule has 2 fully saturated rings. The van der Waals surface area contributed by atoms with Crippen LogP contribution in [0, 0.1) is 11.7 Å². The van der Waals surface area contributed by atoms with Crippen LogP contribution < -0.4 is 20.9 Å². The number of likely N-dealkylation sites (N-methyl/N-ethyl adjacent to an activating group) is 1. The number of fused-ring (bicyclic) bond motifs is 1. The third-order valence-corrected chi connectivity index (χ3v) is 8.50.